The summed E-state index contributed by atoms with van der Waals surface area (Å²) in [5, 5.41) is 0. The molecule has 0 saturated heterocycles. The summed E-state index contributed by atoms with van der Waals surface area (Å²) in [5.41, 5.74) is 3.04. The third-order valence-electron chi connectivity index (χ3n) is 4.48. The van der Waals surface area contributed by atoms with Crippen LogP contribution in [0.3, 0.4) is 0 Å². The van der Waals surface area contributed by atoms with Crippen LogP contribution in [0.5, 0.6) is 23.0 Å². The molecule has 0 heterocycles. The number of nitrogens with two attached hydrogens (primary N) is 2. The van der Waals surface area contributed by atoms with E-state index < -0.39 is 81.2 Å². The Balaban J connectivity index is 2.07. The van der Waals surface area contributed by atoms with E-state index in [0.717, 1.165) is 0 Å². The summed E-state index contributed by atoms with van der Waals surface area (Å²) in [5.74, 6) is -7.10. The van der Waals surface area contributed by atoms with Gasteiger partial charge in [0.25, 0.3) is 0 Å². The fourth-order valence-corrected chi connectivity index (χ4v) is 2.92. The molecule has 3 aromatic carbocycles. The van der Waals surface area contributed by atoms with Crippen LogP contribution >= 0.6 is 0 Å². The zero-order valence-electron chi connectivity index (χ0n) is 17.2. The first kappa shape index (κ1) is 26.7. The van der Waals surface area contributed by atoms with Crippen molar-refractivity contribution in [2.45, 2.75) is 18.5 Å². The highest BCUT2D eigenvalue weighted by Crippen LogP contribution is 2.44. The molecule has 15 heteroatoms. The Morgan fingerprint density at radius 3 is 1.33 bits per heavy atom. The number of benzene rings is 3. The van der Waals surface area contributed by atoms with Crippen LogP contribution in [0, 0.1) is 11.6 Å². The van der Waals surface area contributed by atoms with E-state index in [4.69, 9.17) is 20.9 Å². The van der Waals surface area contributed by atoms with Gasteiger partial charge in [-0.05, 0) is 24.3 Å². The first-order chi connectivity index (χ1) is 16.4. The molecule has 0 aromatic heterocycles. The highest BCUT2D eigenvalue weighted by atomic mass is 19.4. The maximum atomic E-state index is 13.8. The predicted octanol–water partition coefficient (Wildman–Crippen LogP) is 7.77. The van der Waals surface area contributed by atoms with E-state index in [1.165, 1.54) is 0 Å². The third kappa shape index (κ3) is 5.66. The van der Waals surface area contributed by atoms with Gasteiger partial charge < -0.3 is 20.9 Å². The number of rotatable bonds is 4. The maximum absolute atomic E-state index is 13.8. The molecule has 0 amide bonds. The first-order valence-corrected chi connectivity index (χ1v) is 9.27. The van der Waals surface area contributed by atoms with Gasteiger partial charge in [0.2, 0.25) is 0 Å². The molecule has 36 heavy (non-hydrogen) atoms. The molecule has 0 unspecified atom stereocenters. The summed E-state index contributed by atoms with van der Waals surface area (Å²) in [4.78, 5) is 0. The number of hydrogen-bond acceptors (Lipinski definition) is 4. The molecular weight excluding hydrogens is 521 g/mol. The van der Waals surface area contributed by atoms with Gasteiger partial charge in [-0.2, -0.15) is 39.5 Å². The quantitative estimate of drug-likeness (QED) is 0.266. The first-order valence-electron chi connectivity index (χ1n) is 9.27. The van der Waals surface area contributed by atoms with E-state index in [1.807, 2.05) is 0 Å². The van der Waals surface area contributed by atoms with Crippen molar-refractivity contribution in [1.29, 1.82) is 0 Å². The largest absolute Gasteiger partial charge is 0.457 e. The summed E-state index contributed by atoms with van der Waals surface area (Å²) in [6, 6.07) is 2.88. The van der Waals surface area contributed by atoms with Crippen LogP contribution in [-0.2, 0) is 18.5 Å². The molecule has 0 aliphatic carbocycles. The van der Waals surface area contributed by atoms with Crippen LogP contribution in [0.25, 0.3) is 0 Å². The molecule has 0 radical (unpaired) electrons. The lowest BCUT2D eigenvalue weighted by Crippen LogP contribution is -2.11. The Kier molecular flexibility index (Phi) is 6.63. The Morgan fingerprint density at radius 2 is 0.917 bits per heavy atom. The molecule has 3 aromatic rings. The summed E-state index contributed by atoms with van der Waals surface area (Å²) in [6.07, 6.45) is -15.6. The van der Waals surface area contributed by atoms with Crippen molar-refractivity contribution in [3.05, 3.63) is 70.8 Å². The average Bonchev–Trinajstić information content (AvgIpc) is 2.70. The molecule has 0 aliphatic heterocycles. The molecule has 3 rings (SSSR count). The molecule has 0 saturated carbocycles. The second kappa shape index (κ2) is 8.95. The van der Waals surface area contributed by atoms with Crippen molar-refractivity contribution in [1.82, 2.24) is 0 Å². The topological polar surface area (TPSA) is 70.5 Å². The zero-order chi connectivity index (χ0) is 27.2. The predicted molar refractivity (Wildman–Crippen MR) is 103 cm³/mol. The lowest BCUT2D eigenvalue weighted by Gasteiger charge is -2.18. The van der Waals surface area contributed by atoms with Gasteiger partial charge in [0, 0.05) is 18.2 Å². The SMILES string of the molecule is Nc1cc(Oc2ccc(C(F)(F)F)c(Oc3cc(N)c(F)c(C(F)(F)F)c3)c2)cc(C(F)(F)F)c1F. The fourth-order valence-electron chi connectivity index (χ4n) is 2.92. The van der Waals surface area contributed by atoms with E-state index in [9.17, 15) is 48.3 Å². The highest BCUT2D eigenvalue weighted by Gasteiger charge is 2.38. The summed E-state index contributed by atoms with van der Waals surface area (Å²) in [6.45, 7) is 0. The van der Waals surface area contributed by atoms with Crippen LogP contribution in [0.1, 0.15) is 16.7 Å². The van der Waals surface area contributed by atoms with Crippen molar-refractivity contribution >= 4 is 11.4 Å². The number of anilines is 2. The fraction of sp³-hybridized carbons (Fsp3) is 0.143. The van der Waals surface area contributed by atoms with Crippen LogP contribution < -0.4 is 20.9 Å². The van der Waals surface area contributed by atoms with E-state index in [1.54, 1.807) is 0 Å². The Morgan fingerprint density at radius 1 is 0.500 bits per heavy atom. The van der Waals surface area contributed by atoms with Crippen molar-refractivity contribution in [3.8, 4) is 23.0 Å². The standard InChI is InChI=1S/C21H11F11N2O2/c22-17-12(20(27,28)29)3-9(5-14(17)33)35-8-1-2-11(19(24,25)26)16(7-8)36-10-4-13(21(30,31)32)18(23)15(34)6-10/h1-7H,33-34H2. The Bertz CT molecular complexity index is 1300. The maximum Gasteiger partial charge on any atom is 0.419 e. The number of alkyl halides is 9. The molecule has 194 valence electrons. The lowest BCUT2D eigenvalue weighted by atomic mass is 10.1. The monoisotopic (exact) mass is 532 g/mol. The molecule has 4 N–H and O–H groups in total. The van der Waals surface area contributed by atoms with Crippen molar-refractivity contribution in [2.24, 2.45) is 0 Å². The highest BCUT2D eigenvalue weighted by molar-refractivity contribution is 5.54. The molecule has 0 aliphatic rings. The number of nitrogen functional groups attached to an aromatic ring is 2. The summed E-state index contributed by atoms with van der Waals surface area (Å²) >= 11 is 0. The number of hydrogen-bond donors (Lipinski definition) is 2. The second-order valence-corrected chi connectivity index (χ2v) is 7.10. The molecule has 0 atom stereocenters. The second-order valence-electron chi connectivity index (χ2n) is 7.10. The number of ether oxygens (including phenoxy) is 2. The molecule has 0 fully saturated rings. The molecule has 4 nitrogen and oxygen atoms in total. The minimum Gasteiger partial charge on any atom is -0.457 e. The van der Waals surface area contributed by atoms with Crippen molar-refractivity contribution in [3.63, 3.8) is 0 Å². The van der Waals surface area contributed by atoms with E-state index >= 15 is 0 Å². The molecular formula is C21H11F11N2O2. The molecule has 0 bridgehead atoms. The van der Waals surface area contributed by atoms with Gasteiger partial charge in [-0.25, -0.2) is 8.78 Å². The normalized spacial score (nSPS) is 12.5. The van der Waals surface area contributed by atoms with Gasteiger partial charge >= 0.3 is 18.5 Å². The summed E-state index contributed by atoms with van der Waals surface area (Å²) < 4.78 is 156. The van der Waals surface area contributed by atoms with Crippen LogP contribution in [0.4, 0.5) is 59.7 Å². The van der Waals surface area contributed by atoms with Crippen LogP contribution in [0.15, 0.2) is 42.5 Å². The van der Waals surface area contributed by atoms with Crippen molar-refractivity contribution in [2.75, 3.05) is 11.5 Å². The lowest BCUT2D eigenvalue weighted by molar-refractivity contribution is -0.140. The van der Waals surface area contributed by atoms with Gasteiger partial charge in [-0.15, -0.1) is 0 Å². The van der Waals surface area contributed by atoms with Crippen LogP contribution in [0.2, 0.25) is 0 Å². The summed E-state index contributed by atoms with van der Waals surface area (Å²) in [7, 11) is 0. The van der Waals surface area contributed by atoms with E-state index in [-0.39, 0.29) is 12.1 Å². The smallest absolute Gasteiger partial charge is 0.419 e. The number of halogens is 11. The Hall–Kier alpha value is -3.91. The van der Waals surface area contributed by atoms with Gasteiger partial charge in [0.05, 0.1) is 28.1 Å². The minimum absolute atomic E-state index is 0.0651. The van der Waals surface area contributed by atoms with Gasteiger partial charge in [0.15, 0.2) is 11.6 Å². The third-order valence-corrected chi connectivity index (χ3v) is 4.48. The van der Waals surface area contributed by atoms with Gasteiger partial charge in [-0.1, -0.05) is 0 Å². The van der Waals surface area contributed by atoms with E-state index in [0.29, 0.717) is 30.3 Å². The minimum atomic E-state index is -5.27. The average molecular weight is 532 g/mol. The van der Waals surface area contributed by atoms with Gasteiger partial charge in [0.1, 0.15) is 23.0 Å². The molecule has 0 spiro atoms. The van der Waals surface area contributed by atoms with E-state index in [2.05, 4.69) is 0 Å². The zero-order valence-corrected chi connectivity index (χ0v) is 17.2. The van der Waals surface area contributed by atoms with Gasteiger partial charge in [-0.3, -0.25) is 0 Å². The Labute approximate surface area is 193 Å². The van der Waals surface area contributed by atoms with Crippen molar-refractivity contribution < 1.29 is 57.8 Å². The van der Waals surface area contributed by atoms with Crippen LogP contribution in [-0.4, -0.2) is 0 Å².